The van der Waals surface area contributed by atoms with E-state index in [0.29, 0.717) is 5.88 Å². The fourth-order valence-electron chi connectivity index (χ4n) is 1.36. The monoisotopic (exact) mass is 249 g/mol. The van der Waals surface area contributed by atoms with E-state index in [0.717, 1.165) is 36.6 Å². The van der Waals surface area contributed by atoms with E-state index in [4.69, 9.17) is 23.2 Å². The summed E-state index contributed by atoms with van der Waals surface area (Å²) in [5, 5.41) is 5.00. The molecule has 0 bridgehead atoms. The van der Waals surface area contributed by atoms with Crippen molar-refractivity contribution in [2.45, 2.75) is 19.4 Å². The van der Waals surface area contributed by atoms with Crippen molar-refractivity contribution in [1.29, 1.82) is 0 Å². The van der Waals surface area contributed by atoms with Crippen LogP contribution < -0.4 is 0 Å². The standard InChI is InChI=1S/C10H17Cl2N3/c1-14(2)6-7-15-10(4-3-5-11)9(12)8-13-15/h8H,3-7H2,1-2H3. The molecule has 0 N–H and O–H groups in total. The molecule has 0 fully saturated rings. The number of nitrogens with zero attached hydrogens (tertiary/aromatic N) is 3. The molecule has 0 aliphatic heterocycles. The molecule has 0 atom stereocenters. The van der Waals surface area contributed by atoms with Gasteiger partial charge in [0.15, 0.2) is 0 Å². The second-order valence-electron chi connectivity index (χ2n) is 3.76. The zero-order chi connectivity index (χ0) is 11.3. The molecule has 1 heterocycles. The SMILES string of the molecule is CN(C)CCn1ncc(Cl)c1CCCCl. The Labute approximate surface area is 101 Å². The van der Waals surface area contributed by atoms with Crippen LogP contribution in [0.1, 0.15) is 12.1 Å². The van der Waals surface area contributed by atoms with Crippen molar-refractivity contribution in [1.82, 2.24) is 14.7 Å². The number of halogens is 2. The van der Waals surface area contributed by atoms with Gasteiger partial charge in [-0.1, -0.05) is 11.6 Å². The summed E-state index contributed by atoms with van der Waals surface area (Å²) >= 11 is 11.7. The van der Waals surface area contributed by atoms with Crippen LogP contribution in [-0.2, 0) is 13.0 Å². The number of alkyl halides is 1. The first-order valence-corrected chi connectivity index (χ1v) is 5.97. The molecule has 1 aromatic rings. The van der Waals surface area contributed by atoms with Gasteiger partial charge in [-0.3, -0.25) is 4.68 Å². The third-order valence-corrected chi connectivity index (χ3v) is 2.79. The van der Waals surface area contributed by atoms with Gasteiger partial charge in [-0.05, 0) is 26.9 Å². The van der Waals surface area contributed by atoms with E-state index in [2.05, 4.69) is 10.00 Å². The van der Waals surface area contributed by atoms with Gasteiger partial charge in [-0.25, -0.2) is 0 Å². The van der Waals surface area contributed by atoms with Crippen LogP contribution in [0.2, 0.25) is 5.02 Å². The minimum Gasteiger partial charge on any atom is -0.308 e. The van der Waals surface area contributed by atoms with Gasteiger partial charge in [-0.15, -0.1) is 11.6 Å². The largest absolute Gasteiger partial charge is 0.308 e. The summed E-state index contributed by atoms with van der Waals surface area (Å²) in [6.45, 7) is 1.84. The second kappa shape index (κ2) is 6.36. The van der Waals surface area contributed by atoms with E-state index in [9.17, 15) is 0 Å². The fourth-order valence-corrected chi connectivity index (χ4v) is 1.73. The Kier molecular flexibility index (Phi) is 5.43. The lowest BCUT2D eigenvalue weighted by Crippen LogP contribution is -2.20. The van der Waals surface area contributed by atoms with Crippen LogP contribution in [0.3, 0.4) is 0 Å². The summed E-state index contributed by atoms with van der Waals surface area (Å²) in [6.07, 6.45) is 3.55. The van der Waals surface area contributed by atoms with Gasteiger partial charge in [0.05, 0.1) is 23.5 Å². The van der Waals surface area contributed by atoms with Crippen LogP contribution in [-0.4, -0.2) is 41.2 Å². The first-order valence-electron chi connectivity index (χ1n) is 5.06. The molecule has 1 aromatic heterocycles. The van der Waals surface area contributed by atoms with Gasteiger partial charge in [0.25, 0.3) is 0 Å². The lowest BCUT2D eigenvalue weighted by Gasteiger charge is -2.11. The van der Waals surface area contributed by atoms with Crippen LogP contribution in [0.15, 0.2) is 6.20 Å². The zero-order valence-electron chi connectivity index (χ0n) is 9.21. The first-order chi connectivity index (χ1) is 7.15. The maximum absolute atomic E-state index is 6.06. The van der Waals surface area contributed by atoms with E-state index < -0.39 is 0 Å². The Balaban J connectivity index is 2.61. The summed E-state index contributed by atoms with van der Waals surface area (Å²) in [7, 11) is 4.09. The smallest absolute Gasteiger partial charge is 0.0817 e. The van der Waals surface area contributed by atoms with Crippen LogP contribution >= 0.6 is 23.2 Å². The summed E-state index contributed by atoms with van der Waals surface area (Å²) in [5.74, 6) is 0.662. The third kappa shape index (κ3) is 4.01. The van der Waals surface area contributed by atoms with Crippen molar-refractivity contribution in [2.75, 3.05) is 26.5 Å². The summed E-state index contributed by atoms with van der Waals surface area (Å²) in [4.78, 5) is 2.13. The van der Waals surface area contributed by atoms with Crippen molar-refractivity contribution >= 4 is 23.2 Å². The van der Waals surface area contributed by atoms with Gasteiger partial charge < -0.3 is 4.90 Å². The molecule has 0 aliphatic carbocycles. The van der Waals surface area contributed by atoms with Crippen molar-refractivity contribution in [3.63, 3.8) is 0 Å². The Morgan fingerprint density at radius 2 is 2.20 bits per heavy atom. The molecule has 0 saturated heterocycles. The molecule has 1 rings (SSSR count). The average molecular weight is 250 g/mol. The van der Waals surface area contributed by atoms with Crippen molar-refractivity contribution in [2.24, 2.45) is 0 Å². The molecule has 0 amide bonds. The van der Waals surface area contributed by atoms with Crippen LogP contribution in [0, 0.1) is 0 Å². The molecule has 0 aromatic carbocycles. The van der Waals surface area contributed by atoms with E-state index in [1.54, 1.807) is 6.20 Å². The average Bonchev–Trinajstić information content (AvgIpc) is 2.53. The van der Waals surface area contributed by atoms with Gasteiger partial charge in [-0.2, -0.15) is 5.10 Å². The highest BCUT2D eigenvalue weighted by molar-refractivity contribution is 6.31. The Hall–Kier alpha value is -0.250. The number of likely N-dealkylation sites (N-methyl/N-ethyl adjacent to an activating group) is 1. The minimum absolute atomic E-state index is 0.662. The van der Waals surface area contributed by atoms with E-state index >= 15 is 0 Å². The highest BCUT2D eigenvalue weighted by Gasteiger charge is 2.08. The second-order valence-corrected chi connectivity index (χ2v) is 4.54. The third-order valence-electron chi connectivity index (χ3n) is 2.20. The Morgan fingerprint density at radius 1 is 1.47 bits per heavy atom. The van der Waals surface area contributed by atoms with Crippen LogP contribution in [0.4, 0.5) is 0 Å². The summed E-state index contributed by atoms with van der Waals surface area (Å²) in [5.41, 5.74) is 1.10. The van der Waals surface area contributed by atoms with Gasteiger partial charge in [0.2, 0.25) is 0 Å². The molecular weight excluding hydrogens is 233 g/mol. The van der Waals surface area contributed by atoms with Gasteiger partial charge >= 0.3 is 0 Å². The summed E-state index contributed by atoms with van der Waals surface area (Å²) in [6, 6.07) is 0. The molecule has 5 heteroatoms. The number of hydrogen-bond donors (Lipinski definition) is 0. The summed E-state index contributed by atoms with van der Waals surface area (Å²) < 4.78 is 1.97. The van der Waals surface area contributed by atoms with Gasteiger partial charge in [0.1, 0.15) is 0 Å². The van der Waals surface area contributed by atoms with Crippen LogP contribution in [0.25, 0.3) is 0 Å². The molecule has 0 saturated carbocycles. The Bertz CT molecular complexity index is 297. The number of hydrogen-bond acceptors (Lipinski definition) is 2. The predicted octanol–water partition coefficient (Wildman–Crippen LogP) is 2.27. The van der Waals surface area contributed by atoms with E-state index in [1.165, 1.54) is 0 Å². The molecule has 86 valence electrons. The van der Waals surface area contributed by atoms with E-state index in [-0.39, 0.29) is 0 Å². The quantitative estimate of drug-likeness (QED) is 0.722. The zero-order valence-corrected chi connectivity index (χ0v) is 10.7. The lowest BCUT2D eigenvalue weighted by atomic mass is 10.2. The van der Waals surface area contributed by atoms with E-state index in [1.807, 2.05) is 18.8 Å². The van der Waals surface area contributed by atoms with Crippen molar-refractivity contribution in [3.8, 4) is 0 Å². The number of rotatable bonds is 6. The first kappa shape index (κ1) is 12.8. The normalized spacial score (nSPS) is 11.3. The molecule has 0 aliphatic rings. The lowest BCUT2D eigenvalue weighted by molar-refractivity contribution is 0.369. The highest BCUT2D eigenvalue weighted by Crippen LogP contribution is 2.17. The topological polar surface area (TPSA) is 21.1 Å². The molecule has 15 heavy (non-hydrogen) atoms. The molecule has 3 nitrogen and oxygen atoms in total. The highest BCUT2D eigenvalue weighted by atomic mass is 35.5. The minimum atomic E-state index is 0.662. The maximum Gasteiger partial charge on any atom is 0.0817 e. The predicted molar refractivity (Wildman–Crippen MR) is 64.8 cm³/mol. The van der Waals surface area contributed by atoms with Crippen molar-refractivity contribution < 1.29 is 0 Å². The van der Waals surface area contributed by atoms with Gasteiger partial charge in [0, 0.05) is 12.4 Å². The van der Waals surface area contributed by atoms with Crippen molar-refractivity contribution in [3.05, 3.63) is 16.9 Å². The number of aromatic nitrogens is 2. The molecular formula is C10H17Cl2N3. The molecule has 0 spiro atoms. The fraction of sp³-hybridized carbons (Fsp3) is 0.700. The molecule has 0 radical (unpaired) electrons. The maximum atomic E-state index is 6.06. The molecule has 0 unspecified atom stereocenters. The Morgan fingerprint density at radius 3 is 2.80 bits per heavy atom. The van der Waals surface area contributed by atoms with Crippen LogP contribution in [0.5, 0.6) is 0 Å².